The summed E-state index contributed by atoms with van der Waals surface area (Å²) in [5.41, 5.74) is 0.427. The van der Waals surface area contributed by atoms with Crippen LogP contribution in [-0.4, -0.2) is 75.3 Å². The molecule has 0 aromatic carbocycles. The highest BCUT2D eigenvalue weighted by Gasteiger charge is 2.30. The molecule has 1 N–H and O–H groups in total. The minimum atomic E-state index is -0.839. The summed E-state index contributed by atoms with van der Waals surface area (Å²) in [6, 6.07) is 2.18. The Bertz CT molecular complexity index is 1310. The van der Waals surface area contributed by atoms with Gasteiger partial charge < -0.3 is 14.4 Å². The van der Waals surface area contributed by atoms with Crippen molar-refractivity contribution in [1.82, 2.24) is 24.8 Å². The van der Waals surface area contributed by atoms with E-state index in [0.717, 1.165) is 62.9 Å². The van der Waals surface area contributed by atoms with E-state index in [1.54, 1.807) is 0 Å². The molecule has 2 aromatic heterocycles. The molecule has 3 aliphatic rings. The maximum Gasteiger partial charge on any atom is 0.337 e. The van der Waals surface area contributed by atoms with E-state index in [2.05, 4.69) is 46.6 Å². The Morgan fingerprint density at radius 2 is 1.71 bits per heavy atom. The smallest absolute Gasteiger partial charge is 0.337 e. The van der Waals surface area contributed by atoms with Gasteiger partial charge in [-0.3, -0.25) is 14.7 Å². The molecule has 202 valence electrons. The summed E-state index contributed by atoms with van der Waals surface area (Å²) in [6.45, 7) is 11.1. The van der Waals surface area contributed by atoms with Crippen molar-refractivity contribution in [1.29, 1.82) is 0 Å². The van der Waals surface area contributed by atoms with E-state index in [9.17, 15) is 14.4 Å². The van der Waals surface area contributed by atoms with Crippen LogP contribution in [0, 0.1) is 0 Å². The molecule has 12 heteroatoms. The lowest BCUT2D eigenvalue weighted by molar-refractivity contribution is -0.133. The van der Waals surface area contributed by atoms with Crippen molar-refractivity contribution in [3.05, 3.63) is 40.1 Å². The summed E-state index contributed by atoms with van der Waals surface area (Å²) >= 11 is 1.35. The van der Waals surface area contributed by atoms with Gasteiger partial charge in [-0.1, -0.05) is 32.5 Å². The normalized spacial score (nSPS) is 19.3. The third-order valence-corrected chi connectivity index (χ3v) is 7.49. The van der Waals surface area contributed by atoms with Gasteiger partial charge in [-0.2, -0.15) is 4.98 Å². The lowest BCUT2D eigenvalue weighted by atomic mass is 9.95. The Morgan fingerprint density at radius 1 is 1.00 bits per heavy atom. The van der Waals surface area contributed by atoms with Gasteiger partial charge in [-0.05, 0) is 25.8 Å². The predicted octanol–water partition coefficient (Wildman–Crippen LogP) is 2.42. The number of hydrogen-bond donors (Lipinski definition) is 1. The number of fused-ring (bicyclic) bond motifs is 1. The van der Waals surface area contributed by atoms with E-state index in [0.29, 0.717) is 16.8 Å². The maximum absolute atomic E-state index is 12.3. The maximum atomic E-state index is 12.3. The predicted molar refractivity (Wildman–Crippen MR) is 142 cm³/mol. The molecule has 2 aromatic rings. The molecule has 2 fully saturated rings. The molecule has 4 heterocycles. The van der Waals surface area contributed by atoms with Crippen LogP contribution in [-0.2, 0) is 15.0 Å². The number of thioether (sulfide) groups is 1. The van der Waals surface area contributed by atoms with Gasteiger partial charge in [0.15, 0.2) is 5.16 Å². The van der Waals surface area contributed by atoms with Gasteiger partial charge in [0.1, 0.15) is 11.6 Å². The van der Waals surface area contributed by atoms with Gasteiger partial charge in [0.2, 0.25) is 0 Å². The van der Waals surface area contributed by atoms with E-state index in [4.69, 9.17) is 19.4 Å². The zero-order valence-electron chi connectivity index (χ0n) is 21.9. The second-order valence-electron chi connectivity index (χ2n) is 10.7. The Balaban J connectivity index is 1.12. The summed E-state index contributed by atoms with van der Waals surface area (Å²) in [4.78, 5) is 57.0. The molecule has 5 rings (SSSR count). The molecule has 11 nitrogen and oxygen atoms in total. The summed E-state index contributed by atoms with van der Waals surface area (Å²) in [7, 11) is 0. The monoisotopic (exact) mass is 540 g/mol. The Hall–Kier alpha value is -3.25. The number of aromatic nitrogens is 4. The van der Waals surface area contributed by atoms with Gasteiger partial charge in [0.05, 0.1) is 0 Å². The number of ether oxygens (including phenoxy) is 2. The number of hydrogen-bond acceptors (Lipinski definition) is 11. The van der Waals surface area contributed by atoms with E-state index in [1.807, 2.05) is 0 Å². The Kier molecular flexibility index (Phi) is 7.53. The van der Waals surface area contributed by atoms with E-state index in [1.165, 1.54) is 30.3 Å². The number of nitrogens with one attached hydrogen (secondary N) is 1. The first-order valence-electron chi connectivity index (χ1n) is 12.9. The summed E-state index contributed by atoms with van der Waals surface area (Å²) in [6.07, 6.45) is 5.15. The molecule has 0 atom stereocenters. The Morgan fingerprint density at radius 3 is 2.39 bits per heavy atom. The highest BCUT2D eigenvalue weighted by Crippen LogP contribution is 2.40. The van der Waals surface area contributed by atoms with Crippen LogP contribution in [0.4, 0.5) is 5.82 Å². The molecule has 0 unspecified atom stereocenters. The lowest BCUT2D eigenvalue weighted by Crippen LogP contribution is -2.47. The molecule has 0 amide bonds. The van der Waals surface area contributed by atoms with Crippen LogP contribution in [0.2, 0.25) is 0 Å². The number of esters is 2. The van der Waals surface area contributed by atoms with Crippen LogP contribution in [0.5, 0.6) is 11.6 Å². The summed E-state index contributed by atoms with van der Waals surface area (Å²) < 4.78 is 9.96. The van der Waals surface area contributed by atoms with Gasteiger partial charge in [0.25, 0.3) is 17.2 Å². The first-order valence-corrected chi connectivity index (χ1v) is 13.9. The zero-order chi connectivity index (χ0) is 26.9. The third-order valence-electron chi connectivity index (χ3n) is 6.53. The van der Waals surface area contributed by atoms with Crippen molar-refractivity contribution in [2.45, 2.75) is 56.5 Å². The number of rotatable bonds is 7. The number of aromatic amines is 1. The van der Waals surface area contributed by atoms with Gasteiger partial charge >= 0.3 is 11.9 Å². The molecular formula is C26H32N6O5S. The van der Waals surface area contributed by atoms with Crippen molar-refractivity contribution >= 4 is 29.5 Å². The highest BCUT2D eigenvalue weighted by atomic mass is 32.2. The minimum absolute atomic E-state index is 0.0853. The van der Waals surface area contributed by atoms with Crippen LogP contribution in [0.25, 0.3) is 0 Å². The second-order valence-corrected chi connectivity index (χ2v) is 11.8. The number of carbonyl (C=O) groups is 2. The van der Waals surface area contributed by atoms with Crippen molar-refractivity contribution < 1.29 is 19.1 Å². The fourth-order valence-electron chi connectivity index (χ4n) is 4.25. The van der Waals surface area contributed by atoms with Crippen molar-refractivity contribution in [3.8, 4) is 11.6 Å². The molecule has 1 saturated carbocycles. The third kappa shape index (κ3) is 6.41. The van der Waals surface area contributed by atoms with E-state index >= 15 is 0 Å². The molecule has 1 saturated heterocycles. The summed E-state index contributed by atoms with van der Waals surface area (Å²) in [5.74, 6) is 0.894. The van der Waals surface area contributed by atoms with Crippen LogP contribution in [0.1, 0.15) is 57.5 Å². The number of anilines is 1. The van der Waals surface area contributed by atoms with Gasteiger partial charge in [0, 0.05) is 67.2 Å². The quantitative estimate of drug-likeness (QED) is 0.240. The number of H-pyrrole nitrogens is 1. The van der Waals surface area contributed by atoms with Gasteiger partial charge in [-0.25, -0.2) is 19.6 Å². The lowest BCUT2D eigenvalue weighted by Gasteiger charge is -2.36. The average molecular weight is 541 g/mol. The van der Waals surface area contributed by atoms with Crippen LogP contribution < -0.4 is 19.9 Å². The molecular weight excluding hydrogens is 508 g/mol. The molecule has 1 aliphatic carbocycles. The highest BCUT2D eigenvalue weighted by molar-refractivity contribution is 7.99. The number of piperazine rings is 1. The van der Waals surface area contributed by atoms with E-state index < -0.39 is 23.2 Å². The zero-order valence-corrected chi connectivity index (χ0v) is 22.7. The fraction of sp³-hybridized carbons (Fsp3) is 0.538. The molecule has 38 heavy (non-hydrogen) atoms. The largest absolute Gasteiger partial charge is 0.412 e. The first kappa shape index (κ1) is 26.4. The van der Waals surface area contributed by atoms with Crippen LogP contribution >= 0.6 is 11.8 Å². The average Bonchev–Trinajstić information content (AvgIpc) is 3.72. The Labute approximate surface area is 225 Å². The molecule has 0 spiro atoms. The fourth-order valence-corrected chi connectivity index (χ4v) is 5.02. The molecule has 0 radical (unpaired) electrons. The van der Waals surface area contributed by atoms with Gasteiger partial charge in [-0.15, -0.1) is 0 Å². The first-order chi connectivity index (χ1) is 18.2. The minimum Gasteiger partial charge on any atom is -0.412 e. The SMILES string of the molecule is CC(C)(C)c1nc(C2CC2)cc(N2CCN(CCCSc3nc4c(c(=O)[nH]3)OC(=O)/C=C/C(=O)O4)CC2)n1. The van der Waals surface area contributed by atoms with E-state index in [-0.39, 0.29) is 11.3 Å². The summed E-state index contributed by atoms with van der Waals surface area (Å²) in [5, 5.41) is 0.303. The van der Waals surface area contributed by atoms with Crippen molar-refractivity contribution in [2.24, 2.45) is 0 Å². The topological polar surface area (TPSA) is 131 Å². The number of carbonyl (C=O) groups excluding carboxylic acids is 2. The molecule has 2 aliphatic heterocycles. The standard InChI is InChI=1S/C26H32N6O5S/c1-26(2,3)24-27-17(16-5-6-16)15-18(28-24)32-12-10-31(11-13-32)9-4-14-38-25-29-22(35)21-23(30-25)37-20(34)8-7-19(33)36-21/h7-8,15-16H,4-6,9-14H2,1-3H3,(H,29,30,35)/b8-7+. The van der Waals surface area contributed by atoms with Crippen molar-refractivity contribution in [3.63, 3.8) is 0 Å². The number of nitrogens with zero attached hydrogens (tertiary/aromatic N) is 5. The second kappa shape index (κ2) is 10.9. The van der Waals surface area contributed by atoms with Crippen LogP contribution in [0.3, 0.4) is 0 Å². The molecule has 0 bridgehead atoms. The van der Waals surface area contributed by atoms with Crippen LogP contribution in [0.15, 0.2) is 28.2 Å². The van der Waals surface area contributed by atoms with Crippen molar-refractivity contribution in [2.75, 3.05) is 43.4 Å².